The van der Waals surface area contributed by atoms with Crippen LogP contribution < -0.4 is 16.0 Å². The number of hydrogen-bond acceptors (Lipinski definition) is 3. The highest BCUT2D eigenvalue weighted by Gasteiger charge is 2.30. The molecule has 1 heterocycles. The minimum atomic E-state index is -0.769. The van der Waals surface area contributed by atoms with E-state index >= 15 is 0 Å². The number of amides is 4. The molecule has 0 bridgehead atoms. The highest BCUT2D eigenvalue weighted by molar-refractivity contribution is 5.97. The molecular formula is C24H35FN4O3. The molecule has 1 aliphatic carbocycles. The molecule has 176 valence electrons. The maximum atomic E-state index is 13.9. The number of halogens is 1. The maximum Gasteiger partial charge on any atom is 0.317 e. The van der Waals surface area contributed by atoms with Crippen LogP contribution in [0.4, 0.5) is 9.18 Å². The van der Waals surface area contributed by atoms with E-state index < -0.39 is 17.8 Å². The molecule has 0 aromatic heterocycles. The van der Waals surface area contributed by atoms with Gasteiger partial charge in [0.2, 0.25) is 5.91 Å². The lowest BCUT2D eigenvalue weighted by molar-refractivity contribution is -0.124. The van der Waals surface area contributed by atoms with E-state index in [1.807, 2.05) is 18.7 Å². The molecule has 1 unspecified atom stereocenters. The molecule has 7 nitrogen and oxygen atoms in total. The SMILES string of the molecule is CC(C)C(NC(=O)c1ccccc1F)C(=O)NC1CCN(C(=O)NC2CCCCC2)CC1. The van der Waals surface area contributed by atoms with E-state index in [1.165, 1.54) is 37.5 Å². The number of benzene rings is 1. The van der Waals surface area contributed by atoms with Crippen molar-refractivity contribution in [3.63, 3.8) is 0 Å². The Bertz CT molecular complexity index is 802. The third-order valence-corrected chi connectivity index (χ3v) is 6.42. The van der Waals surface area contributed by atoms with Crippen LogP contribution in [0.2, 0.25) is 0 Å². The van der Waals surface area contributed by atoms with Gasteiger partial charge in [0.15, 0.2) is 0 Å². The van der Waals surface area contributed by atoms with Gasteiger partial charge in [-0.1, -0.05) is 45.2 Å². The van der Waals surface area contributed by atoms with Crippen LogP contribution in [0.15, 0.2) is 24.3 Å². The summed E-state index contributed by atoms with van der Waals surface area (Å²) < 4.78 is 13.9. The molecule has 3 N–H and O–H groups in total. The predicted octanol–water partition coefficient (Wildman–Crippen LogP) is 3.20. The van der Waals surface area contributed by atoms with Crippen LogP contribution >= 0.6 is 0 Å². The molecule has 32 heavy (non-hydrogen) atoms. The van der Waals surface area contributed by atoms with Gasteiger partial charge in [-0.2, -0.15) is 0 Å². The second kappa shape index (κ2) is 11.3. The summed E-state index contributed by atoms with van der Waals surface area (Å²) in [6.45, 7) is 4.84. The van der Waals surface area contributed by atoms with Gasteiger partial charge in [0.25, 0.3) is 5.91 Å². The van der Waals surface area contributed by atoms with Crippen molar-refractivity contribution in [3.8, 4) is 0 Å². The minimum absolute atomic E-state index is 0.0149. The lowest BCUT2D eigenvalue weighted by Crippen LogP contribution is -2.55. The molecule has 4 amide bonds. The second-order valence-corrected chi connectivity index (χ2v) is 9.23. The summed E-state index contributed by atoms with van der Waals surface area (Å²) in [5.41, 5.74) is -0.0803. The Kier molecular flexibility index (Phi) is 8.47. The summed E-state index contributed by atoms with van der Waals surface area (Å²) in [5.74, 6) is -1.67. The number of likely N-dealkylation sites (tertiary alicyclic amines) is 1. The van der Waals surface area contributed by atoms with Crippen molar-refractivity contribution in [1.29, 1.82) is 0 Å². The Labute approximate surface area is 189 Å². The van der Waals surface area contributed by atoms with Crippen molar-refractivity contribution < 1.29 is 18.8 Å². The maximum absolute atomic E-state index is 13.9. The lowest BCUT2D eigenvalue weighted by atomic mass is 9.95. The van der Waals surface area contributed by atoms with Gasteiger partial charge >= 0.3 is 6.03 Å². The number of hydrogen-bond donors (Lipinski definition) is 3. The summed E-state index contributed by atoms with van der Waals surface area (Å²) in [6.07, 6.45) is 7.01. The molecule has 0 radical (unpaired) electrons. The summed E-state index contributed by atoms with van der Waals surface area (Å²) in [5, 5.41) is 8.82. The van der Waals surface area contributed by atoms with Crippen molar-refractivity contribution in [2.24, 2.45) is 5.92 Å². The average molecular weight is 447 g/mol. The third kappa shape index (κ3) is 6.43. The van der Waals surface area contributed by atoms with Crippen molar-refractivity contribution in [1.82, 2.24) is 20.9 Å². The summed E-state index contributed by atoms with van der Waals surface area (Å²) >= 11 is 0. The molecule has 0 spiro atoms. The van der Waals surface area contributed by atoms with E-state index in [9.17, 15) is 18.8 Å². The van der Waals surface area contributed by atoms with Gasteiger partial charge in [0.1, 0.15) is 11.9 Å². The third-order valence-electron chi connectivity index (χ3n) is 6.42. The molecule has 3 rings (SSSR count). The van der Waals surface area contributed by atoms with Gasteiger partial charge in [0, 0.05) is 25.2 Å². The Morgan fingerprint density at radius 2 is 1.56 bits per heavy atom. The molecule has 2 fully saturated rings. The molecular weight excluding hydrogens is 411 g/mol. The molecule has 1 aliphatic heterocycles. The number of piperidine rings is 1. The molecule has 1 saturated carbocycles. The highest BCUT2D eigenvalue weighted by atomic mass is 19.1. The fraction of sp³-hybridized carbons (Fsp3) is 0.625. The molecule has 1 aromatic rings. The van der Waals surface area contributed by atoms with E-state index in [-0.39, 0.29) is 35.5 Å². The van der Waals surface area contributed by atoms with E-state index in [0.29, 0.717) is 25.9 Å². The predicted molar refractivity (Wildman–Crippen MR) is 121 cm³/mol. The van der Waals surface area contributed by atoms with E-state index in [0.717, 1.165) is 12.8 Å². The van der Waals surface area contributed by atoms with Gasteiger partial charge in [-0.15, -0.1) is 0 Å². The molecule has 2 aliphatic rings. The molecule has 1 aromatic carbocycles. The van der Waals surface area contributed by atoms with Gasteiger partial charge in [-0.05, 0) is 43.7 Å². The topological polar surface area (TPSA) is 90.5 Å². The summed E-state index contributed by atoms with van der Waals surface area (Å²) in [7, 11) is 0. The van der Waals surface area contributed by atoms with Crippen molar-refractivity contribution in [3.05, 3.63) is 35.6 Å². The van der Waals surface area contributed by atoms with Crippen molar-refractivity contribution in [2.75, 3.05) is 13.1 Å². The molecule has 8 heteroatoms. The summed E-state index contributed by atoms with van der Waals surface area (Å²) in [6, 6.07) is 5.15. The van der Waals surface area contributed by atoms with Crippen molar-refractivity contribution >= 4 is 17.8 Å². The average Bonchev–Trinajstić information content (AvgIpc) is 2.78. The number of carbonyl (C=O) groups excluding carboxylic acids is 3. The first-order chi connectivity index (χ1) is 15.3. The van der Waals surface area contributed by atoms with Crippen LogP contribution in [0.25, 0.3) is 0 Å². The lowest BCUT2D eigenvalue weighted by Gasteiger charge is -2.35. The zero-order valence-electron chi connectivity index (χ0n) is 19.0. The Balaban J connectivity index is 1.48. The second-order valence-electron chi connectivity index (χ2n) is 9.23. The monoisotopic (exact) mass is 446 g/mol. The Hall–Kier alpha value is -2.64. The minimum Gasteiger partial charge on any atom is -0.351 e. The number of urea groups is 1. The van der Waals surface area contributed by atoms with Gasteiger partial charge < -0.3 is 20.9 Å². The van der Waals surface area contributed by atoms with Crippen molar-refractivity contribution in [2.45, 2.75) is 76.9 Å². The fourth-order valence-electron chi connectivity index (χ4n) is 4.43. The first kappa shape index (κ1) is 24.0. The van der Waals surface area contributed by atoms with Gasteiger partial charge in [0.05, 0.1) is 5.56 Å². The number of nitrogens with zero attached hydrogens (tertiary/aromatic N) is 1. The largest absolute Gasteiger partial charge is 0.351 e. The standard InChI is InChI=1S/C24H35FN4O3/c1-16(2)21(28-22(30)19-10-6-7-11-20(19)25)23(31)26-18-12-14-29(15-13-18)24(32)27-17-8-4-3-5-9-17/h6-7,10-11,16-18,21H,3-5,8-9,12-15H2,1-2H3,(H,26,31)(H,27,32)(H,28,30). The van der Waals surface area contributed by atoms with Gasteiger partial charge in [-0.25, -0.2) is 9.18 Å². The molecule has 1 saturated heterocycles. The zero-order valence-corrected chi connectivity index (χ0v) is 19.0. The van der Waals surface area contributed by atoms with Crippen LogP contribution in [-0.4, -0.2) is 54.0 Å². The normalized spacial score (nSPS) is 18.8. The number of carbonyl (C=O) groups is 3. The number of nitrogens with one attached hydrogen (secondary N) is 3. The Morgan fingerprint density at radius 1 is 0.938 bits per heavy atom. The van der Waals surface area contributed by atoms with Crippen LogP contribution in [-0.2, 0) is 4.79 Å². The van der Waals surface area contributed by atoms with Gasteiger partial charge in [-0.3, -0.25) is 9.59 Å². The Morgan fingerprint density at radius 3 is 2.19 bits per heavy atom. The van der Waals surface area contributed by atoms with E-state index in [4.69, 9.17) is 0 Å². The zero-order chi connectivity index (χ0) is 23.1. The van der Waals surface area contributed by atoms with Crippen LogP contribution in [0.3, 0.4) is 0 Å². The smallest absolute Gasteiger partial charge is 0.317 e. The van der Waals surface area contributed by atoms with E-state index in [2.05, 4.69) is 16.0 Å². The quantitative estimate of drug-likeness (QED) is 0.627. The first-order valence-electron chi connectivity index (χ1n) is 11.8. The van der Waals surface area contributed by atoms with E-state index in [1.54, 1.807) is 6.07 Å². The van der Waals surface area contributed by atoms with Crippen LogP contribution in [0.1, 0.15) is 69.2 Å². The number of rotatable bonds is 6. The van der Waals surface area contributed by atoms with Crippen LogP contribution in [0.5, 0.6) is 0 Å². The summed E-state index contributed by atoms with van der Waals surface area (Å²) in [4.78, 5) is 39.7. The fourth-order valence-corrected chi connectivity index (χ4v) is 4.43. The molecule has 1 atom stereocenters. The first-order valence-corrected chi connectivity index (χ1v) is 11.8. The van der Waals surface area contributed by atoms with Crippen LogP contribution in [0, 0.1) is 11.7 Å². The highest BCUT2D eigenvalue weighted by Crippen LogP contribution is 2.18.